The molecule has 2 heterocycles. The highest BCUT2D eigenvalue weighted by molar-refractivity contribution is 5.17. The lowest BCUT2D eigenvalue weighted by atomic mass is 9.93. The highest BCUT2D eigenvalue weighted by atomic mass is 16.5. The Morgan fingerprint density at radius 1 is 1.53 bits per heavy atom. The summed E-state index contributed by atoms with van der Waals surface area (Å²) in [7, 11) is 0. The number of ether oxygens (including phenoxy) is 1. The van der Waals surface area contributed by atoms with Gasteiger partial charge in [0.05, 0.1) is 12.7 Å². The zero-order chi connectivity index (χ0) is 10.8. The van der Waals surface area contributed by atoms with Crippen LogP contribution in [-0.2, 0) is 4.74 Å². The molecule has 0 bridgehead atoms. The lowest BCUT2D eigenvalue weighted by Crippen LogP contribution is -2.21. The Balaban J connectivity index is 2.07. The molecule has 3 nitrogen and oxygen atoms in total. The van der Waals surface area contributed by atoms with Crippen molar-refractivity contribution >= 4 is 0 Å². The number of aromatic nitrogens is 1. The third-order valence-electron chi connectivity index (χ3n) is 3.06. The van der Waals surface area contributed by atoms with Crippen LogP contribution >= 0.6 is 0 Å². The molecule has 0 amide bonds. The first-order valence-corrected chi connectivity index (χ1v) is 5.46. The molecule has 1 aliphatic rings. The molecule has 1 aromatic heterocycles. The van der Waals surface area contributed by atoms with Crippen LogP contribution in [0.5, 0.6) is 0 Å². The van der Waals surface area contributed by atoms with Crippen LogP contribution < -0.4 is 5.73 Å². The van der Waals surface area contributed by atoms with Crippen LogP contribution in [0.15, 0.2) is 18.3 Å². The normalized spacial score (nSPS) is 27.9. The number of rotatable bonds is 2. The van der Waals surface area contributed by atoms with Crippen molar-refractivity contribution in [1.29, 1.82) is 0 Å². The van der Waals surface area contributed by atoms with Crippen molar-refractivity contribution in [3.8, 4) is 0 Å². The lowest BCUT2D eigenvalue weighted by molar-refractivity contribution is 0.118. The van der Waals surface area contributed by atoms with Crippen LogP contribution in [0.3, 0.4) is 0 Å². The molecule has 3 atom stereocenters. The summed E-state index contributed by atoms with van der Waals surface area (Å²) >= 11 is 0. The molecule has 2 N–H and O–H groups in total. The fraction of sp³-hybridized carbons (Fsp3) is 0.583. The van der Waals surface area contributed by atoms with Gasteiger partial charge in [0.15, 0.2) is 0 Å². The summed E-state index contributed by atoms with van der Waals surface area (Å²) in [6.07, 6.45) is 3.28. The van der Waals surface area contributed by atoms with E-state index in [0.29, 0.717) is 12.0 Å². The Labute approximate surface area is 90.7 Å². The zero-order valence-corrected chi connectivity index (χ0v) is 9.31. The van der Waals surface area contributed by atoms with Crippen LogP contribution in [0.4, 0.5) is 0 Å². The third-order valence-corrected chi connectivity index (χ3v) is 3.06. The van der Waals surface area contributed by atoms with Crippen molar-refractivity contribution in [2.45, 2.75) is 32.4 Å². The Morgan fingerprint density at radius 3 is 2.87 bits per heavy atom. The minimum absolute atomic E-state index is 0.0584. The van der Waals surface area contributed by atoms with Crippen molar-refractivity contribution in [3.63, 3.8) is 0 Å². The fourth-order valence-electron chi connectivity index (χ4n) is 2.05. The quantitative estimate of drug-likeness (QED) is 0.803. The first kappa shape index (κ1) is 10.6. The minimum Gasteiger partial charge on any atom is -0.378 e. The standard InChI is InChI=1S/C12H18N2O/c1-8-3-4-10(6-14-8)12(13)11-5-9(2)15-7-11/h3-4,6,9,11-12H,5,7,13H2,1-2H3. The second-order valence-corrected chi connectivity index (χ2v) is 4.40. The summed E-state index contributed by atoms with van der Waals surface area (Å²) in [6, 6.07) is 4.13. The summed E-state index contributed by atoms with van der Waals surface area (Å²) in [5.74, 6) is 0.435. The molecule has 0 spiro atoms. The van der Waals surface area contributed by atoms with E-state index in [1.165, 1.54) is 0 Å². The molecule has 0 aromatic carbocycles. The maximum Gasteiger partial charge on any atom is 0.0551 e. The summed E-state index contributed by atoms with van der Waals surface area (Å²) in [5.41, 5.74) is 8.34. The minimum atomic E-state index is 0.0584. The summed E-state index contributed by atoms with van der Waals surface area (Å²) in [5, 5.41) is 0. The van der Waals surface area contributed by atoms with Crippen molar-refractivity contribution in [2.75, 3.05) is 6.61 Å². The van der Waals surface area contributed by atoms with Gasteiger partial charge in [0.25, 0.3) is 0 Å². The fourth-order valence-corrected chi connectivity index (χ4v) is 2.05. The van der Waals surface area contributed by atoms with E-state index in [9.17, 15) is 0 Å². The van der Waals surface area contributed by atoms with Crippen molar-refractivity contribution < 1.29 is 4.74 Å². The highest BCUT2D eigenvalue weighted by Gasteiger charge is 2.28. The van der Waals surface area contributed by atoms with Gasteiger partial charge in [0.1, 0.15) is 0 Å². The Bertz CT molecular complexity index is 323. The van der Waals surface area contributed by atoms with Gasteiger partial charge in [0.2, 0.25) is 0 Å². The summed E-state index contributed by atoms with van der Waals surface area (Å²) < 4.78 is 5.53. The number of pyridine rings is 1. The average Bonchev–Trinajstić information content (AvgIpc) is 2.65. The smallest absolute Gasteiger partial charge is 0.0551 e. The highest BCUT2D eigenvalue weighted by Crippen LogP contribution is 2.29. The van der Waals surface area contributed by atoms with Gasteiger partial charge >= 0.3 is 0 Å². The number of nitrogens with zero attached hydrogens (tertiary/aromatic N) is 1. The first-order valence-electron chi connectivity index (χ1n) is 5.46. The van der Waals surface area contributed by atoms with Gasteiger partial charge in [-0.3, -0.25) is 4.98 Å². The second kappa shape index (κ2) is 4.29. The van der Waals surface area contributed by atoms with E-state index in [-0.39, 0.29) is 6.04 Å². The third kappa shape index (κ3) is 2.36. The monoisotopic (exact) mass is 206 g/mol. The Morgan fingerprint density at radius 2 is 2.33 bits per heavy atom. The van der Waals surface area contributed by atoms with Gasteiger partial charge in [-0.05, 0) is 31.9 Å². The van der Waals surface area contributed by atoms with E-state index in [1.807, 2.05) is 19.2 Å². The topological polar surface area (TPSA) is 48.1 Å². The predicted molar refractivity (Wildman–Crippen MR) is 59.4 cm³/mol. The van der Waals surface area contributed by atoms with Crippen LogP contribution in [0.1, 0.15) is 30.6 Å². The van der Waals surface area contributed by atoms with Crippen molar-refractivity contribution in [1.82, 2.24) is 4.98 Å². The Hall–Kier alpha value is -0.930. The second-order valence-electron chi connectivity index (χ2n) is 4.40. The van der Waals surface area contributed by atoms with Crippen LogP contribution in [0.25, 0.3) is 0 Å². The first-order chi connectivity index (χ1) is 7.16. The molecule has 2 rings (SSSR count). The molecule has 3 unspecified atom stereocenters. The van der Waals surface area contributed by atoms with Gasteiger partial charge < -0.3 is 10.5 Å². The molecular formula is C12H18N2O. The molecule has 1 aliphatic heterocycles. The molecule has 0 saturated carbocycles. The van der Waals surface area contributed by atoms with E-state index in [0.717, 1.165) is 24.3 Å². The average molecular weight is 206 g/mol. The predicted octanol–water partition coefficient (Wildman–Crippen LogP) is 1.81. The molecule has 0 aliphatic carbocycles. The molecule has 1 aromatic rings. The van der Waals surface area contributed by atoms with Gasteiger partial charge in [-0.1, -0.05) is 6.07 Å². The largest absolute Gasteiger partial charge is 0.378 e. The van der Waals surface area contributed by atoms with E-state index in [1.54, 1.807) is 0 Å². The molecule has 0 radical (unpaired) electrons. The van der Waals surface area contributed by atoms with Gasteiger partial charge in [-0.2, -0.15) is 0 Å². The van der Waals surface area contributed by atoms with Crippen LogP contribution in [0.2, 0.25) is 0 Å². The molecule has 1 fully saturated rings. The van der Waals surface area contributed by atoms with E-state index < -0.39 is 0 Å². The van der Waals surface area contributed by atoms with Gasteiger partial charge in [-0.15, -0.1) is 0 Å². The zero-order valence-electron chi connectivity index (χ0n) is 9.31. The van der Waals surface area contributed by atoms with E-state index in [4.69, 9.17) is 10.5 Å². The SMILES string of the molecule is Cc1ccc(C(N)C2COC(C)C2)cn1. The van der Waals surface area contributed by atoms with E-state index in [2.05, 4.69) is 18.0 Å². The number of aryl methyl sites for hydroxylation is 1. The molecular weight excluding hydrogens is 188 g/mol. The summed E-state index contributed by atoms with van der Waals surface area (Å²) in [6.45, 7) is 4.85. The van der Waals surface area contributed by atoms with Gasteiger partial charge in [0, 0.05) is 23.9 Å². The van der Waals surface area contributed by atoms with Crippen molar-refractivity contribution in [3.05, 3.63) is 29.6 Å². The molecule has 15 heavy (non-hydrogen) atoms. The molecule has 82 valence electrons. The molecule has 1 saturated heterocycles. The lowest BCUT2D eigenvalue weighted by Gasteiger charge is -2.17. The Kier molecular flexibility index (Phi) is 3.03. The van der Waals surface area contributed by atoms with E-state index >= 15 is 0 Å². The molecule has 3 heteroatoms. The maximum atomic E-state index is 6.19. The van der Waals surface area contributed by atoms with Crippen molar-refractivity contribution in [2.24, 2.45) is 11.7 Å². The number of hydrogen-bond acceptors (Lipinski definition) is 3. The van der Waals surface area contributed by atoms with Crippen LogP contribution in [0, 0.1) is 12.8 Å². The maximum absolute atomic E-state index is 6.19. The van der Waals surface area contributed by atoms with Gasteiger partial charge in [-0.25, -0.2) is 0 Å². The number of nitrogens with two attached hydrogens (primary N) is 1. The van der Waals surface area contributed by atoms with Crippen LogP contribution in [-0.4, -0.2) is 17.7 Å². The number of hydrogen-bond donors (Lipinski definition) is 1. The summed E-state index contributed by atoms with van der Waals surface area (Å²) in [4.78, 5) is 4.27.